The summed E-state index contributed by atoms with van der Waals surface area (Å²) < 4.78 is 16.8. The molecule has 0 bridgehead atoms. The number of rotatable bonds is 7. The molecule has 0 N–H and O–H groups in total. The van der Waals surface area contributed by atoms with Crippen molar-refractivity contribution in [1.82, 2.24) is 4.98 Å². The number of aromatic nitrogens is 1. The molecule has 32 heavy (non-hydrogen) atoms. The number of nitrogens with zero attached hydrogens (tertiary/aromatic N) is 1. The second-order valence-corrected chi connectivity index (χ2v) is 7.34. The van der Waals surface area contributed by atoms with Crippen LogP contribution in [0.4, 0.5) is 0 Å². The lowest BCUT2D eigenvalue weighted by atomic mass is 10.0. The second-order valence-electron chi connectivity index (χ2n) is 7.34. The Kier molecular flexibility index (Phi) is 5.94. The van der Waals surface area contributed by atoms with Crippen LogP contribution >= 0.6 is 0 Å². The third-order valence-electron chi connectivity index (χ3n) is 5.22. The van der Waals surface area contributed by atoms with E-state index in [1.165, 1.54) is 18.7 Å². The van der Waals surface area contributed by atoms with Crippen LogP contribution in [0.5, 0.6) is 17.2 Å². The molecule has 162 valence electrons. The number of pyridine rings is 1. The summed E-state index contributed by atoms with van der Waals surface area (Å²) in [6.07, 6.45) is 0. The van der Waals surface area contributed by atoms with Crippen LogP contribution in [0.15, 0.2) is 66.7 Å². The zero-order valence-electron chi connectivity index (χ0n) is 18.0. The van der Waals surface area contributed by atoms with Gasteiger partial charge in [0.25, 0.3) is 0 Å². The molecule has 0 spiro atoms. The summed E-state index contributed by atoms with van der Waals surface area (Å²) in [5, 5.41) is 12.2. The van der Waals surface area contributed by atoms with Gasteiger partial charge in [0.1, 0.15) is 17.9 Å². The monoisotopic (exact) mass is 428 g/mol. The Hall–Kier alpha value is -4.06. The maximum Gasteiger partial charge on any atom is 0.161 e. The highest BCUT2D eigenvalue weighted by atomic mass is 16.5. The highest BCUT2D eigenvalue weighted by molar-refractivity contribution is 6.04. The van der Waals surface area contributed by atoms with Gasteiger partial charge in [0.15, 0.2) is 11.5 Å². The normalized spacial score (nSPS) is 10.7. The molecule has 6 heteroatoms. The van der Waals surface area contributed by atoms with Crippen LogP contribution in [-0.2, 0) is 6.61 Å². The molecule has 0 fully saturated rings. The van der Waals surface area contributed by atoms with Gasteiger partial charge < -0.3 is 24.1 Å². The molecule has 0 amide bonds. The summed E-state index contributed by atoms with van der Waals surface area (Å²) in [4.78, 5) is 16.4. The number of fused-ring (bicyclic) bond motifs is 1. The van der Waals surface area contributed by atoms with Gasteiger partial charge in [-0.15, -0.1) is 0 Å². The van der Waals surface area contributed by atoms with Gasteiger partial charge in [-0.25, -0.2) is 4.98 Å². The van der Waals surface area contributed by atoms with E-state index in [0.717, 1.165) is 5.56 Å². The maximum absolute atomic E-state index is 11.8. The van der Waals surface area contributed by atoms with Crippen molar-refractivity contribution in [3.8, 4) is 28.5 Å². The summed E-state index contributed by atoms with van der Waals surface area (Å²) in [6, 6.07) is 20.1. The van der Waals surface area contributed by atoms with Crippen molar-refractivity contribution in [3.05, 3.63) is 83.4 Å². The minimum absolute atomic E-state index is 0.0440. The lowest BCUT2D eigenvalue weighted by molar-refractivity contribution is -0.254. The fraction of sp³-hybridized carbons (Fsp3) is 0.154. The van der Waals surface area contributed by atoms with E-state index in [4.69, 9.17) is 14.2 Å². The van der Waals surface area contributed by atoms with Gasteiger partial charge in [-0.1, -0.05) is 42.0 Å². The maximum atomic E-state index is 11.8. The summed E-state index contributed by atoms with van der Waals surface area (Å²) in [6.45, 7) is 2.44. The fourth-order valence-electron chi connectivity index (χ4n) is 3.50. The largest absolute Gasteiger partial charge is 0.545 e. The van der Waals surface area contributed by atoms with Crippen LogP contribution < -0.4 is 19.3 Å². The number of carboxylic acid groups (broad SMARTS) is 1. The van der Waals surface area contributed by atoms with Crippen molar-refractivity contribution in [2.24, 2.45) is 0 Å². The fourth-order valence-corrected chi connectivity index (χ4v) is 3.50. The molecule has 3 aromatic carbocycles. The van der Waals surface area contributed by atoms with Gasteiger partial charge >= 0.3 is 0 Å². The standard InChI is InChI=1S/C26H23NO5/c1-16-7-9-17(10-8-16)15-32-22-12-11-18(13-24(22)31-3)21-14-20(26(28)29)19-5-4-6-23(30-2)25(19)27-21/h4-14H,15H2,1-3H3,(H,28,29)/p-1. The van der Waals surface area contributed by atoms with Crippen LogP contribution in [-0.4, -0.2) is 25.2 Å². The number of aromatic carboxylic acids is 1. The molecule has 0 saturated heterocycles. The van der Waals surface area contributed by atoms with Crippen molar-refractivity contribution >= 4 is 16.9 Å². The van der Waals surface area contributed by atoms with Gasteiger partial charge in [-0.2, -0.15) is 0 Å². The van der Waals surface area contributed by atoms with Crippen molar-refractivity contribution in [3.63, 3.8) is 0 Å². The number of carbonyl (C=O) groups is 1. The molecule has 0 atom stereocenters. The Morgan fingerprint density at radius 3 is 2.34 bits per heavy atom. The van der Waals surface area contributed by atoms with Gasteiger partial charge in [0.05, 0.1) is 25.9 Å². The van der Waals surface area contributed by atoms with Gasteiger partial charge in [-0.05, 0) is 42.8 Å². The number of carbonyl (C=O) groups excluding carboxylic acids is 1. The number of hydrogen-bond acceptors (Lipinski definition) is 6. The van der Waals surface area contributed by atoms with Crippen molar-refractivity contribution < 1.29 is 24.1 Å². The van der Waals surface area contributed by atoms with E-state index in [0.29, 0.717) is 46.0 Å². The van der Waals surface area contributed by atoms with Crippen LogP contribution in [0.25, 0.3) is 22.2 Å². The Morgan fingerprint density at radius 1 is 0.906 bits per heavy atom. The Balaban J connectivity index is 1.72. The van der Waals surface area contributed by atoms with Crippen LogP contribution in [0.2, 0.25) is 0 Å². The highest BCUT2D eigenvalue weighted by Crippen LogP contribution is 2.35. The van der Waals surface area contributed by atoms with E-state index in [2.05, 4.69) is 4.98 Å². The molecule has 1 aromatic heterocycles. The Morgan fingerprint density at radius 2 is 1.66 bits per heavy atom. The van der Waals surface area contributed by atoms with E-state index in [1.807, 2.05) is 37.3 Å². The van der Waals surface area contributed by atoms with E-state index >= 15 is 0 Å². The van der Waals surface area contributed by atoms with E-state index in [1.54, 1.807) is 37.4 Å². The summed E-state index contributed by atoms with van der Waals surface area (Å²) >= 11 is 0. The summed E-state index contributed by atoms with van der Waals surface area (Å²) in [5.74, 6) is 0.302. The SMILES string of the molecule is COc1cc(-c2cc(C(=O)[O-])c3cccc(OC)c3n2)ccc1OCc1ccc(C)cc1. The smallest absolute Gasteiger partial charge is 0.161 e. The van der Waals surface area contributed by atoms with E-state index < -0.39 is 5.97 Å². The molecule has 0 unspecified atom stereocenters. The molecule has 4 rings (SSSR count). The zero-order valence-corrected chi connectivity index (χ0v) is 18.0. The lowest BCUT2D eigenvalue weighted by Crippen LogP contribution is -2.22. The predicted molar refractivity (Wildman–Crippen MR) is 120 cm³/mol. The Bertz CT molecular complexity index is 1280. The van der Waals surface area contributed by atoms with Gasteiger partial charge in [0.2, 0.25) is 0 Å². The number of aryl methyl sites for hydroxylation is 1. The molecule has 0 aliphatic heterocycles. The number of para-hydroxylation sites is 1. The van der Waals surface area contributed by atoms with E-state index in [-0.39, 0.29) is 5.56 Å². The molecule has 0 saturated carbocycles. The highest BCUT2D eigenvalue weighted by Gasteiger charge is 2.14. The third kappa shape index (κ3) is 4.21. The number of carboxylic acids is 1. The first-order chi connectivity index (χ1) is 15.5. The van der Waals surface area contributed by atoms with Crippen molar-refractivity contribution in [1.29, 1.82) is 0 Å². The molecule has 4 aromatic rings. The number of benzene rings is 3. The lowest BCUT2D eigenvalue weighted by Gasteiger charge is -2.15. The first-order valence-corrected chi connectivity index (χ1v) is 10.1. The average Bonchev–Trinajstić information content (AvgIpc) is 2.82. The minimum atomic E-state index is -1.28. The van der Waals surface area contributed by atoms with Crippen LogP contribution in [0.1, 0.15) is 21.5 Å². The predicted octanol–water partition coefficient (Wildman–Crippen LogP) is 4.17. The van der Waals surface area contributed by atoms with Crippen molar-refractivity contribution in [2.75, 3.05) is 14.2 Å². The molecule has 0 radical (unpaired) electrons. The number of methoxy groups -OCH3 is 2. The molecular weight excluding hydrogens is 406 g/mol. The Labute approximate surface area is 186 Å². The summed E-state index contributed by atoms with van der Waals surface area (Å²) in [5.41, 5.74) is 3.87. The van der Waals surface area contributed by atoms with Gasteiger partial charge in [0, 0.05) is 16.5 Å². The van der Waals surface area contributed by atoms with Crippen molar-refractivity contribution in [2.45, 2.75) is 13.5 Å². The topological polar surface area (TPSA) is 80.7 Å². The average molecular weight is 428 g/mol. The number of ether oxygens (including phenoxy) is 3. The molecule has 6 nitrogen and oxygen atoms in total. The first kappa shape index (κ1) is 21.2. The molecule has 0 aliphatic carbocycles. The zero-order chi connectivity index (χ0) is 22.7. The van der Waals surface area contributed by atoms with Gasteiger partial charge in [-0.3, -0.25) is 0 Å². The number of hydrogen-bond donors (Lipinski definition) is 0. The van der Waals surface area contributed by atoms with E-state index in [9.17, 15) is 9.90 Å². The van der Waals surface area contributed by atoms with Crippen LogP contribution in [0, 0.1) is 6.92 Å². The summed E-state index contributed by atoms with van der Waals surface area (Å²) in [7, 11) is 3.08. The quantitative estimate of drug-likeness (QED) is 0.440. The van der Waals surface area contributed by atoms with Crippen LogP contribution in [0.3, 0.4) is 0 Å². The third-order valence-corrected chi connectivity index (χ3v) is 5.22. The molecular formula is C26H22NO5-. The minimum Gasteiger partial charge on any atom is -0.545 e. The molecule has 0 aliphatic rings. The second kappa shape index (κ2) is 8.98. The first-order valence-electron chi connectivity index (χ1n) is 10.1. The molecule has 1 heterocycles.